The molecule has 0 saturated heterocycles. The van der Waals surface area contributed by atoms with Crippen molar-refractivity contribution < 1.29 is 56.5 Å². The fourth-order valence-corrected chi connectivity index (χ4v) is 25.2. The maximum atomic E-state index is 12.2. The predicted octanol–water partition coefficient (Wildman–Crippen LogP) is 35.9. The Bertz CT molecular complexity index is 9160. The van der Waals surface area contributed by atoms with Gasteiger partial charge in [0.25, 0.3) is 0 Å². The molecule has 0 saturated carbocycles. The number of carbonyl (C=O) groups excluding carboxylic acids is 5. The monoisotopic (exact) mass is 2000 g/mol. The Morgan fingerprint density at radius 1 is 0.243 bits per heavy atom. The first-order valence-corrected chi connectivity index (χ1v) is 51.6. The number of ether oxygens (including phenoxy) is 5. The van der Waals surface area contributed by atoms with Gasteiger partial charge in [-0.2, -0.15) is 0 Å². The van der Waals surface area contributed by atoms with Crippen molar-refractivity contribution in [2.24, 2.45) is 0 Å². The summed E-state index contributed by atoms with van der Waals surface area (Å²) in [6, 6.07) is 128. The van der Waals surface area contributed by atoms with Crippen LogP contribution in [0.3, 0.4) is 0 Å². The fourth-order valence-electron chi connectivity index (χ4n) is 17.5. The molecule has 0 bridgehead atoms. The third-order valence-electron chi connectivity index (χ3n) is 24.2. The zero-order valence-electron chi connectivity index (χ0n) is 76.7. The summed E-state index contributed by atoms with van der Waals surface area (Å²) in [5, 5.41) is 15.8. The van der Waals surface area contributed by atoms with E-state index < -0.39 is 29.8 Å². The topological polar surface area (TPSA) is 158 Å². The third kappa shape index (κ3) is 19.5. The molecule has 0 amide bonds. The first kappa shape index (κ1) is 93.4. The molecule has 7 aromatic heterocycles. The van der Waals surface area contributed by atoms with E-state index in [1.165, 1.54) is 109 Å². The Morgan fingerprint density at radius 3 is 1.20 bits per heavy atom. The Balaban J connectivity index is 0.000000107. The van der Waals surface area contributed by atoms with Crippen molar-refractivity contribution in [3.8, 4) is 116 Å². The van der Waals surface area contributed by atoms with Crippen LogP contribution in [0.4, 0.5) is 0 Å². The lowest BCUT2D eigenvalue weighted by molar-refractivity contribution is -0.129. The SMILES string of the molecule is C=CC(=O)Oc1ccc(-c2cc3ccccc3s2)cc1-c1cc2ccccc2s1.C=CC(=O)Oc1ccc(-c2cccc3c2oc2ccccc23)cc1-c1cccc2c1oc1ccccc12.C=CC(=O)Oc1ccc(-c2csc3ccccc23)cc1-c1csc2ccccc12.C=CC(=O)Oc1cccc(-c2cccc3c2Sc2ccccc2S3)c1.C=CC(=O)Oc1cccc(-c2cccc3c2sc2ccccc23)c1. The molecule has 17 aromatic carbocycles. The number of carbonyl (C=O) groups is 5. The number of fused-ring (bicyclic) bond motifs is 15. The summed E-state index contributed by atoms with van der Waals surface area (Å²) in [5.41, 5.74) is 17.3. The van der Waals surface area contributed by atoms with Crippen LogP contribution in [0.25, 0.3) is 192 Å². The van der Waals surface area contributed by atoms with Gasteiger partial charge in [0.2, 0.25) is 0 Å². The third-order valence-corrected chi connectivity index (χ3v) is 32.2. The van der Waals surface area contributed by atoms with Gasteiger partial charge in [-0.3, -0.25) is 0 Å². The van der Waals surface area contributed by atoms with Crippen LogP contribution in [0.5, 0.6) is 28.7 Å². The normalized spacial score (nSPS) is 11.3. The average molecular weight is 2000 g/mol. The summed E-state index contributed by atoms with van der Waals surface area (Å²) in [4.78, 5) is 66.2. The Kier molecular flexibility index (Phi) is 27.2. The molecule has 0 aliphatic carbocycles. The molecular weight excluding hydrogens is 1920 g/mol. The van der Waals surface area contributed by atoms with Gasteiger partial charge in [0, 0.05) is 170 Å². The Morgan fingerprint density at radius 2 is 0.625 bits per heavy atom. The number of esters is 5. The maximum Gasteiger partial charge on any atom is 0.335 e. The van der Waals surface area contributed by atoms with Gasteiger partial charge in [0.05, 0.1) is 0 Å². The highest BCUT2D eigenvalue weighted by Crippen LogP contribution is 2.54. The first-order valence-electron chi connectivity index (χ1n) is 45.7. The second-order valence-corrected chi connectivity index (χ2v) is 40.2. The number of para-hydroxylation sites is 4. The fraction of sp³-hybridized carbons (Fsp3) is 0. The van der Waals surface area contributed by atoms with Crippen molar-refractivity contribution in [3.63, 3.8) is 0 Å². The number of hydrogen-bond acceptors (Lipinski definition) is 19. The van der Waals surface area contributed by atoms with Crippen LogP contribution >= 0.6 is 80.2 Å². The molecule has 1 aliphatic heterocycles. The molecule has 144 heavy (non-hydrogen) atoms. The van der Waals surface area contributed by atoms with E-state index >= 15 is 0 Å². The van der Waals surface area contributed by atoms with Crippen LogP contribution in [-0.4, -0.2) is 29.8 Å². The van der Waals surface area contributed by atoms with Crippen molar-refractivity contribution in [2.75, 3.05) is 0 Å². The number of hydrogen-bond donors (Lipinski definition) is 0. The summed E-state index contributed by atoms with van der Waals surface area (Å²) in [5.74, 6) is 0.223. The average Bonchev–Trinajstić information content (AvgIpc) is 1.65. The van der Waals surface area contributed by atoms with Crippen molar-refractivity contribution in [1.82, 2.24) is 0 Å². The number of benzene rings is 17. The molecule has 0 unspecified atom stereocenters. The lowest BCUT2D eigenvalue weighted by atomic mass is 9.95. The van der Waals surface area contributed by atoms with Crippen LogP contribution in [0, 0.1) is 0 Å². The standard InChI is InChI=1S/C33H20O4.2C25H16O2S2.C21H14O2S2.C21H14O2S/c1-2-31(34)35-30-18-17-20(21-11-7-12-24-22-9-3-5-15-28(22)36-32(21)24)19-27(30)26-14-8-13-25-23-10-4-6-16-29(23)37-33(25)26;1-2-25(26)27-22-12-11-16(20-14-28-23-9-5-3-7-17(20)23)13-19(22)21-15-29-24-10-6-4-8-18(21)24;1-2-25(26)27-20-12-11-18(23-14-16-7-3-5-9-21(16)28-23)13-19(20)24-15-17-8-4-6-10-22(17)29-24;1-2-20(22)23-15-8-5-7-14(13-15)16-9-6-12-19-21(16)25-18-11-4-3-10-17(18)24-19;1-2-20(22)23-15-8-5-7-14(13-15)16-10-6-11-18-17-9-3-4-12-19(17)24-21(16)18/h2-19H,1H2;2*2-15H,1H2;2-13H,1H2;2-13H,1H2. The summed E-state index contributed by atoms with van der Waals surface area (Å²) in [7, 11) is 0. The van der Waals surface area contributed by atoms with E-state index in [4.69, 9.17) is 32.5 Å². The number of rotatable bonds is 18. The summed E-state index contributed by atoms with van der Waals surface area (Å²) in [6.07, 6.45) is 5.87. The molecule has 0 N–H and O–H groups in total. The van der Waals surface area contributed by atoms with E-state index in [1.54, 1.807) is 92.3 Å². The molecule has 25 rings (SSSR count). The first-order chi connectivity index (χ1) is 70.7. The lowest BCUT2D eigenvalue weighted by Crippen LogP contribution is -2.04. The van der Waals surface area contributed by atoms with Gasteiger partial charge in [0.15, 0.2) is 0 Å². The summed E-state index contributed by atoms with van der Waals surface area (Å²) >= 11 is 12.2. The van der Waals surface area contributed by atoms with E-state index in [9.17, 15) is 24.0 Å². The number of furan rings is 2. The molecule has 8 heterocycles. The lowest BCUT2D eigenvalue weighted by Gasteiger charge is -2.21. The van der Waals surface area contributed by atoms with Crippen molar-refractivity contribution in [1.29, 1.82) is 0 Å². The van der Waals surface area contributed by atoms with E-state index in [0.717, 1.165) is 133 Å². The summed E-state index contributed by atoms with van der Waals surface area (Å²) in [6.45, 7) is 17.5. The zero-order chi connectivity index (χ0) is 98.3. The smallest absolute Gasteiger partial charge is 0.335 e. The molecule has 24 aromatic rings. The zero-order valence-corrected chi connectivity index (χ0v) is 82.4. The highest BCUT2D eigenvalue weighted by molar-refractivity contribution is 8.05. The summed E-state index contributed by atoms with van der Waals surface area (Å²) < 4.78 is 47.3. The van der Waals surface area contributed by atoms with Crippen LogP contribution < -0.4 is 23.7 Å². The van der Waals surface area contributed by atoms with Gasteiger partial charge in [-0.25, -0.2) is 24.0 Å². The van der Waals surface area contributed by atoms with Gasteiger partial charge in [-0.1, -0.05) is 299 Å². The molecule has 1 aliphatic rings. The second kappa shape index (κ2) is 41.9. The van der Waals surface area contributed by atoms with Gasteiger partial charge < -0.3 is 32.5 Å². The minimum absolute atomic E-state index is 0.429. The Labute approximate surface area is 855 Å². The van der Waals surface area contributed by atoms with Crippen molar-refractivity contribution in [2.45, 2.75) is 19.6 Å². The molecular formula is C125H80O12S7. The van der Waals surface area contributed by atoms with Crippen LogP contribution in [0.1, 0.15) is 0 Å². The van der Waals surface area contributed by atoms with E-state index in [2.05, 4.69) is 238 Å². The molecule has 19 heteroatoms. The number of thiophene rings is 5. The van der Waals surface area contributed by atoms with Crippen LogP contribution in [0.15, 0.2) is 485 Å². The van der Waals surface area contributed by atoms with Gasteiger partial charge in [0.1, 0.15) is 51.1 Å². The quantitative estimate of drug-likeness (QED) is 0.0454. The molecule has 0 fully saturated rings. The van der Waals surface area contributed by atoms with Gasteiger partial charge >= 0.3 is 29.8 Å². The molecule has 694 valence electrons. The van der Waals surface area contributed by atoms with Crippen LogP contribution in [0.2, 0.25) is 0 Å². The Hall–Kier alpha value is -16.9. The molecule has 12 nitrogen and oxygen atoms in total. The highest BCUT2D eigenvalue weighted by Gasteiger charge is 2.26. The molecule has 0 atom stereocenters. The second-order valence-electron chi connectivity index (χ2n) is 33.0. The van der Waals surface area contributed by atoms with E-state index in [1.807, 2.05) is 176 Å². The van der Waals surface area contributed by atoms with Crippen LogP contribution in [-0.2, 0) is 24.0 Å². The predicted molar refractivity (Wildman–Crippen MR) is 599 cm³/mol. The highest BCUT2D eigenvalue weighted by atomic mass is 32.2. The minimum Gasteiger partial charge on any atom is -0.455 e. The maximum absolute atomic E-state index is 12.2. The minimum atomic E-state index is -0.523. The van der Waals surface area contributed by atoms with E-state index in [-0.39, 0.29) is 0 Å². The van der Waals surface area contributed by atoms with Gasteiger partial charge in [-0.15, -0.1) is 56.7 Å². The van der Waals surface area contributed by atoms with E-state index in [0.29, 0.717) is 28.7 Å². The van der Waals surface area contributed by atoms with Gasteiger partial charge in [-0.05, 0) is 200 Å². The largest absolute Gasteiger partial charge is 0.455 e. The molecule has 0 radical (unpaired) electrons. The van der Waals surface area contributed by atoms with Crippen molar-refractivity contribution in [3.05, 3.63) is 456 Å². The van der Waals surface area contributed by atoms with Crippen molar-refractivity contribution >= 4 is 214 Å². The molecule has 0 spiro atoms.